The topological polar surface area (TPSA) is 74.7 Å². The van der Waals surface area contributed by atoms with Crippen molar-refractivity contribution in [1.29, 1.82) is 0 Å². The molecule has 3 aromatic rings. The molecule has 24 heavy (non-hydrogen) atoms. The predicted octanol–water partition coefficient (Wildman–Crippen LogP) is 3.84. The molecule has 5 nitrogen and oxygen atoms in total. The fourth-order valence-electron chi connectivity index (χ4n) is 2.37. The van der Waals surface area contributed by atoms with Crippen LogP contribution in [0, 0.1) is 0 Å². The molecule has 1 heterocycles. The molecule has 0 amide bonds. The molecule has 0 fully saturated rings. The van der Waals surface area contributed by atoms with Gasteiger partial charge in [-0.1, -0.05) is 29.8 Å². The zero-order valence-electron chi connectivity index (χ0n) is 12.9. The van der Waals surface area contributed by atoms with Gasteiger partial charge in [0.15, 0.2) is 0 Å². The number of phenolic OH excluding ortho intramolecular Hbond substituents is 1. The quantitative estimate of drug-likeness (QED) is 0.546. The van der Waals surface area contributed by atoms with E-state index in [2.05, 4.69) is 9.98 Å². The Balaban J connectivity index is 1.78. The highest BCUT2D eigenvalue weighted by molar-refractivity contribution is 6.38. The van der Waals surface area contributed by atoms with Crippen LogP contribution in [0.2, 0.25) is 5.02 Å². The second-order valence-corrected chi connectivity index (χ2v) is 5.56. The second kappa shape index (κ2) is 6.76. The van der Waals surface area contributed by atoms with Gasteiger partial charge >= 0.3 is 0 Å². The molecule has 0 saturated heterocycles. The number of nitrogens with one attached hydrogen (secondary N) is 1. The number of fused-ring (bicyclic) bond motifs is 1. The van der Waals surface area contributed by atoms with Gasteiger partial charge in [-0.3, -0.25) is 9.79 Å². The third-order valence-corrected chi connectivity index (χ3v) is 4.01. The fraction of sp³-hybridized carbons (Fsp3) is 0.111. The van der Waals surface area contributed by atoms with E-state index < -0.39 is 0 Å². The van der Waals surface area contributed by atoms with Gasteiger partial charge in [-0.05, 0) is 24.3 Å². The summed E-state index contributed by atoms with van der Waals surface area (Å²) in [4.78, 5) is 19.4. The molecular formula is C18H15ClN2O3. The number of aromatic amines is 1. The molecule has 2 N–H and O–H groups in total. The van der Waals surface area contributed by atoms with Gasteiger partial charge in [-0.2, -0.15) is 0 Å². The molecule has 6 heteroatoms. The summed E-state index contributed by atoms with van der Waals surface area (Å²) in [6, 6.07) is 12.2. The number of methoxy groups -OCH3 is 1. The van der Waals surface area contributed by atoms with Crippen molar-refractivity contribution in [2.24, 2.45) is 4.99 Å². The molecule has 0 aliphatic heterocycles. The zero-order valence-corrected chi connectivity index (χ0v) is 13.7. The number of aromatic nitrogens is 1. The molecule has 122 valence electrons. The van der Waals surface area contributed by atoms with Crippen LogP contribution in [0.5, 0.6) is 11.5 Å². The van der Waals surface area contributed by atoms with Crippen molar-refractivity contribution in [2.75, 3.05) is 13.7 Å². The average molecular weight is 343 g/mol. The lowest BCUT2D eigenvalue weighted by Crippen LogP contribution is -2.04. The number of Topliss-reactive ketones (excluding diaryl/α,β-unsaturated/α-hetero) is 1. The van der Waals surface area contributed by atoms with E-state index in [1.807, 2.05) is 24.3 Å². The number of ether oxygens (including phenoxy) is 1. The minimum Gasteiger partial charge on any atom is -0.507 e. The monoisotopic (exact) mass is 342 g/mol. The Morgan fingerprint density at radius 1 is 1.33 bits per heavy atom. The first-order chi connectivity index (χ1) is 11.6. The van der Waals surface area contributed by atoms with E-state index in [-0.39, 0.29) is 18.1 Å². The number of rotatable bonds is 5. The normalized spacial score (nSPS) is 11.2. The highest BCUT2D eigenvalue weighted by atomic mass is 35.5. The van der Waals surface area contributed by atoms with E-state index in [4.69, 9.17) is 16.3 Å². The van der Waals surface area contributed by atoms with E-state index in [1.54, 1.807) is 12.1 Å². The van der Waals surface area contributed by atoms with Gasteiger partial charge in [0.2, 0.25) is 5.78 Å². The number of halogens is 1. The summed E-state index contributed by atoms with van der Waals surface area (Å²) in [5.41, 5.74) is 1.62. The minimum absolute atomic E-state index is 0.0654. The summed E-state index contributed by atoms with van der Waals surface area (Å²) in [6.07, 6.45) is 1.44. The Labute approximate surface area is 143 Å². The number of hydrogen-bond donors (Lipinski definition) is 2. The fourth-order valence-corrected chi connectivity index (χ4v) is 2.69. The van der Waals surface area contributed by atoms with Crippen molar-refractivity contribution in [3.8, 4) is 11.5 Å². The van der Waals surface area contributed by atoms with Crippen LogP contribution in [0.4, 0.5) is 0 Å². The van der Waals surface area contributed by atoms with E-state index in [9.17, 15) is 9.90 Å². The summed E-state index contributed by atoms with van der Waals surface area (Å²) in [6.45, 7) is -0.0802. The van der Waals surface area contributed by atoms with E-state index >= 15 is 0 Å². The molecule has 1 aromatic heterocycles. The first-order valence-electron chi connectivity index (χ1n) is 7.26. The number of carbonyl (C=O) groups is 1. The highest BCUT2D eigenvalue weighted by Gasteiger charge is 2.15. The van der Waals surface area contributed by atoms with Crippen LogP contribution in [-0.2, 0) is 0 Å². The van der Waals surface area contributed by atoms with Gasteiger partial charge in [0, 0.05) is 22.7 Å². The van der Waals surface area contributed by atoms with Crippen molar-refractivity contribution in [2.45, 2.75) is 0 Å². The molecule has 0 unspecified atom stereocenters. The molecule has 3 rings (SSSR count). The maximum Gasteiger partial charge on any atom is 0.201 e. The predicted molar refractivity (Wildman–Crippen MR) is 94.8 cm³/mol. The Kier molecular flexibility index (Phi) is 4.53. The number of ketones is 1. The van der Waals surface area contributed by atoms with Gasteiger partial charge in [0.05, 0.1) is 12.1 Å². The van der Waals surface area contributed by atoms with Crippen LogP contribution in [0.25, 0.3) is 10.9 Å². The third kappa shape index (κ3) is 3.12. The van der Waals surface area contributed by atoms with Crippen molar-refractivity contribution in [3.05, 3.63) is 58.7 Å². The lowest BCUT2D eigenvalue weighted by molar-refractivity contribution is 0.0998. The SMILES string of the molecule is COc1ccc(O)c(C=NCC(=O)c2[nH]c3ccccc3c2Cl)c1. The number of aromatic hydroxyl groups is 1. The van der Waals surface area contributed by atoms with Crippen LogP contribution in [0.3, 0.4) is 0 Å². The van der Waals surface area contributed by atoms with Crippen molar-refractivity contribution in [3.63, 3.8) is 0 Å². The molecule has 0 bridgehead atoms. The van der Waals surface area contributed by atoms with Crippen LogP contribution >= 0.6 is 11.6 Å². The summed E-state index contributed by atoms with van der Waals surface area (Å²) >= 11 is 6.25. The molecule has 0 aliphatic carbocycles. The molecule has 0 atom stereocenters. The summed E-state index contributed by atoms with van der Waals surface area (Å²) in [5, 5.41) is 11.0. The smallest absolute Gasteiger partial charge is 0.201 e. The number of H-pyrrole nitrogens is 1. The zero-order chi connectivity index (χ0) is 17.1. The van der Waals surface area contributed by atoms with Crippen LogP contribution in [-0.4, -0.2) is 35.7 Å². The van der Waals surface area contributed by atoms with Crippen LogP contribution < -0.4 is 4.74 Å². The summed E-state index contributed by atoms with van der Waals surface area (Å²) in [7, 11) is 1.54. The largest absolute Gasteiger partial charge is 0.507 e. The Bertz CT molecular complexity index is 931. The molecule has 0 aliphatic rings. The van der Waals surface area contributed by atoms with E-state index in [0.29, 0.717) is 22.0 Å². The number of aliphatic imine (C=N–C) groups is 1. The molecule has 0 spiro atoms. The van der Waals surface area contributed by atoms with Gasteiger partial charge in [0.25, 0.3) is 0 Å². The summed E-state index contributed by atoms with van der Waals surface area (Å²) in [5.74, 6) is 0.435. The third-order valence-electron chi connectivity index (χ3n) is 3.62. The standard InChI is InChI=1S/C18H15ClN2O3/c1-24-12-6-7-15(22)11(8-12)9-20-10-16(23)18-17(19)13-4-2-3-5-14(13)21-18/h2-9,21-22H,10H2,1H3. The lowest BCUT2D eigenvalue weighted by Gasteiger charge is -2.02. The van der Waals surface area contributed by atoms with E-state index in [0.717, 1.165) is 10.9 Å². The Hall–Kier alpha value is -2.79. The Morgan fingerprint density at radius 2 is 2.12 bits per heavy atom. The number of benzene rings is 2. The number of hydrogen-bond acceptors (Lipinski definition) is 4. The second-order valence-electron chi connectivity index (χ2n) is 5.18. The number of para-hydroxylation sites is 1. The van der Waals surface area contributed by atoms with E-state index in [1.165, 1.54) is 19.4 Å². The molecule has 2 aromatic carbocycles. The van der Waals surface area contributed by atoms with Gasteiger partial charge in [0.1, 0.15) is 23.7 Å². The van der Waals surface area contributed by atoms with Gasteiger partial charge < -0.3 is 14.8 Å². The van der Waals surface area contributed by atoms with Crippen LogP contribution in [0.15, 0.2) is 47.5 Å². The molecule has 0 saturated carbocycles. The number of phenols is 1. The first kappa shape index (κ1) is 16.1. The van der Waals surface area contributed by atoms with Crippen molar-refractivity contribution < 1.29 is 14.6 Å². The van der Waals surface area contributed by atoms with Gasteiger partial charge in [-0.15, -0.1) is 0 Å². The Morgan fingerprint density at radius 3 is 2.88 bits per heavy atom. The number of nitrogens with zero attached hydrogens (tertiary/aromatic N) is 1. The molecule has 0 radical (unpaired) electrons. The number of carbonyl (C=O) groups excluding carboxylic acids is 1. The average Bonchev–Trinajstić information content (AvgIpc) is 2.94. The van der Waals surface area contributed by atoms with Crippen molar-refractivity contribution >= 4 is 34.5 Å². The molecular weight excluding hydrogens is 328 g/mol. The van der Waals surface area contributed by atoms with Crippen molar-refractivity contribution in [1.82, 2.24) is 4.98 Å². The van der Waals surface area contributed by atoms with Gasteiger partial charge in [-0.25, -0.2) is 0 Å². The lowest BCUT2D eigenvalue weighted by atomic mass is 10.2. The maximum absolute atomic E-state index is 12.3. The minimum atomic E-state index is -0.227. The van der Waals surface area contributed by atoms with Crippen LogP contribution in [0.1, 0.15) is 16.1 Å². The highest BCUT2D eigenvalue weighted by Crippen LogP contribution is 2.27. The summed E-state index contributed by atoms with van der Waals surface area (Å²) < 4.78 is 5.09. The maximum atomic E-state index is 12.3. The first-order valence-corrected chi connectivity index (χ1v) is 7.64.